The third-order valence-electron chi connectivity index (χ3n) is 4.44. The lowest BCUT2D eigenvalue weighted by molar-refractivity contribution is 0.348. The zero-order valence-electron chi connectivity index (χ0n) is 13.7. The van der Waals surface area contributed by atoms with Gasteiger partial charge in [0.1, 0.15) is 0 Å². The highest BCUT2D eigenvalue weighted by Crippen LogP contribution is 2.24. The number of guanidine groups is 1. The normalized spacial score (nSPS) is 25.4. The Morgan fingerprint density at radius 2 is 2.00 bits per heavy atom. The topological polar surface area (TPSA) is 61.8 Å². The van der Waals surface area contributed by atoms with Crippen LogP contribution in [0.5, 0.6) is 0 Å². The van der Waals surface area contributed by atoms with Crippen LogP contribution in [-0.4, -0.2) is 68.0 Å². The molecular formula is C14H28IN3O2S2. The van der Waals surface area contributed by atoms with Crippen LogP contribution in [0.25, 0.3) is 0 Å². The zero-order chi connectivity index (χ0) is 15.5. The summed E-state index contributed by atoms with van der Waals surface area (Å²) in [5, 5.41) is 3.45. The Bertz CT molecular complexity index is 488. The first-order valence-electron chi connectivity index (χ1n) is 7.61. The van der Waals surface area contributed by atoms with Gasteiger partial charge in [-0.3, -0.25) is 4.99 Å². The number of hydrogen-bond acceptors (Lipinski definition) is 4. The average molecular weight is 461 g/mol. The van der Waals surface area contributed by atoms with Gasteiger partial charge in [0.15, 0.2) is 15.8 Å². The van der Waals surface area contributed by atoms with E-state index in [0.717, 1.165) is 12.5 Å². The van der Waals surface area contributed by atoms with Gasteiger partial charge in [-0.2, -0.15) is 11.8 Å². The summed E-state index contributed by atoms with van der Waals surface area (Å²) in [5.41, 5.74) is 0. The number of hydrogen-bond donors (Lipinski definition) is 1. The summed E-state index contributed by atoms with van der Waals surface area (Å²) >= 11 is 2.03. The molecule has 0 unspecified atom stereocenters. The molecule has 0 atom stereocenters. The molecule has 2 aliphatic rings. The van der Waals surface area contributed by atoms with Gasteiger partial charge in [-0.15, -0.1) is 24.0 Å². The highest BCUT2D eigenvalue weighted by Gasteiger charge is 2.40. The van der Waals surface area contributed by atoms with E-state index < -0.39 is 14.6 Å². The van der Waals surface area contributed by atoms with E-state index >= 15 is 0 Å². The van der Waals surface area contributed by atoms with Gasteiger partial charge in [-0.1, -0.05) is 0 Å². The molecule has 2 saturated heterocycles. The minimum absolute atomic E-state index is 0. The summed E-state index contributed by atoms with van der Waals surface area (Å²) in [6.07, 6.45) is 2.52. The molecule has 0 aromatic heterocycles. The Morgan fingerprint density at radius 1 is 1.36 bits per heavy atom. The zero-order valence-corrected chi connectivity index (χ0v) is 17.6. The second-order valence-electron chi connectivity index (χ2n) is 6.48. The lowest BCUT2D eigenvalue weighted by atomic mass is 10.0. The van der Waals surface area contributed by atoms with Crippen molar-refractivity contribution in [2.45, 2.75) is 31.4 Å². The average Bonchev–Trinajstić information content (AvgIpc) is 2.44. The fourth-order valence-corrected chi connectivity index (χ4v) is 5.41. The van der Waals surface area contributed by atoms with Crippen molar-refractivity contribution in [3.05, 3.63) is 0 Å². The number of rotatable bonds is 2. The van der Waals surface area contributed by atoms with Crippen molar-refractivity contribution in [1.29, 1.82) is 0 Å². The van der Waals surface area contributed by atoms with Crippen LogP contribution < -0.4 is 5.32 Å². The van der Waals surface area contributed by atoms with Crippen molar-refractivity contribution in [2.24, 2.45) is 10.9 Å². The van der Waals surface area contributed by atoms with Crippen LogP contribution in [0.2, 0.25) is 0 Å². The first-order valence-corrected chi connectivity index (χ1v) is 10.4. The molecule has 0 aliphatic carbocycles. The minimum atomic E-state index is -3.00. The van der Waals surface area contributed by atoms with Crippen molar-refractivity contribution in [1.82, 2.24) is 10.2 Å². The highest BCUT2D eigenvalue weighted by atomic mass is 127. The molecule has 2 rings (SSSR count). The third kappa shape index (κ3) is 4.90. The molecular weight excluding hydrogens is 433 g/mol. The highest BCUT2D eigenvalue weighted by molar-refractivity contribution is 14.0. The van der Waals surface area contributed by atoms with E-state index in [-0.39, 0.29) is 29.7 Å². The van der Waals surface area contributed by atoms with Crippen molar-refractivity contribution in [3.8, 4) is 0 Å². The van der Waals surface area contributed by atoms with E-state index in [0.29, 0.717) is 19.0 Å². The van der Waals surface area contributed by atoms with Crippen LogP contribution in [0, 0.1) is 5.92 Å². The maximum absolute atomic E-state index is 12.1. The van der Waals surface area contributed by atoms with E-state index in [2.05, 4.69) is 15.2 Å². The van der Waals surface area contributed by atoms with Gasteiger partial charge in [0.25, 0.3) is 0 Å². The molecule has 0 bridgehead atoms. The quantitative estimate of drug-likeness (QED) is 0.386. The molecule has 0 spiro atoms. The first-order chi connectivity index (χ1) is 9.86. The maximum atomic E-state index is 12.1. The van der Waals surface area contributed by atoms with E-state index in [1.807, 2.05) is 11.8 Å². The molecule has 0 amide bonds. The van der Waals surface area contributed by atoms with Gasteiger partial charge in [0.2, 0.25) is 0 Å². The summed E-state index contributed by atoms with van der Waals surface area (Å²) in [4.78, 5) is 6.42. The van der Waals surface area contributed by atoms with Crippen LogP contribution in [0.1, 0.15) is 26.7 Å². The summed E-state index contributed by atoms with van der Waals surface area (Å²) in [7, 11) is -1.23. The molecule has 130 valence electrons. The van der Waals surface area contributed by atoms with Crippen LogP contribution in [0.15, 0.2) is 4.99 Å². The standard InChI is InChI=1S/C14H27N3O2S2.HI/c1-14(2)11-17(6-9-21(14,18)19)13(15-3)16-10-12-4-7-20-8-5-12;/h12H,4-11H2,1-3H3,(H,15,16);1H. The largest absolute Gasteiger partial charge is 0.356 e. The minimum Gasteiger partial charge on any atom is -0.356 e. The number of nitrogens with zero attached hydrogens (tertiary/aromatic N) is 2. The molecule has 22 heavy (non-hydrogen) atoms. The summed E-state index contributed by atoms with van der Waals surface area (Å²) < 4.78 is 23.4. The van der Waals surface area contributed by atoms with Gasteiger partial charge in [0, 0.05) is 26.7 Å². The lowest BCUT2D eigenvalue weighted by Gasteiger charge is -2.39. The van der Waals surface area contributed by atoms with Crippen LogP contribution in [0.4, 0.5) is 0 Å². The number of halogens is 1. The number of thioether (sulfide) groups is 1. The second kappa shape index (κ2) is 8.41. The van der Waals surface area contributed by atoms with Gasteiger partial charge in [-0.05, 0) is 44.1 Å². The number of nitrogens with one attached hydrogen (secondary N) is 1. The molecule has 2 heterocycles. The molecule has 2 fully saturated rings. The second-order valence-corrected chi connectivity index (χ2v) is 10.5. The fourth-order valence-electron chi connectivity index (χ4n) is 2.84. The van der Waals surface area contributed by atoms with Crippen LogP contribution >= 0.6 is 35.7 Å². The molecule has 8 heteroatoms. The third-order valence-corrected chi connectivity index (χ3v) is 8.03. The lowest BCUT2D eigenvalue weighted by Crippen LogP contribution is -2.57. The van der Waals surface area contributed by atoms with Crippen LogP contribution in [0.3, 0.4) is 0 Å². The maximum Gasteiger partial charge on any atom is 0.193 e. The van der Waals surface area contributed by atoms with Crippen molar-refractivity contribution in [2.75, 3.05) is 43.9 Å². The Balaban J connectivity index is 0.00000242. The van der Waals surface area contributed by atoms with Crippen molar-refractivity contribution < 1.29 is 8.42 Å². The first kappa shape index (κ1) is 20.3. The number of aliphatic imine (C=N–C) groups is 1. The molecule has 0 saturated carbocycles. The molecule has 0 aromatic rings. The van der Waals surface area contributed by atoms with Crippen LogP contribution in [-0.2, 0) is 9.84 Å². The van der Waals surface area contributed by atoms with E-state index in [1.165, 1.54) is 24.3 Å². The summed E-state index contributed by atoms with van der Waals surface area (Å²) in [6.45, 7) is 5.60. The fraction of sp³-hybridized carbons (Fsp3) is 0.929. The van der Waals surface area contributed by atoms with E-state index in [9.17, 15) is 8.42 Å². The van der Waals surface area contributed by atoms with E-state index in [1.54, 1.807) is 20.9 Å². The van der Waals surface area contributed by atoms with Gasteiger partial charge >= 0.3 is 0 Å². The Kier molecular flexibility index (Phi) is 7.78. The van der Waals surface area contributed by atoms with Gasteiger partial charge < -0.3 is 10.2 Å². The molecule has 0 radical (unpaired) electrons. The SMILES string of the molecule is CN=C(NCC1CCSCC1)N1CCS(=O)(=O)C(C)(C)C1.I. The Morgan fingerprint density at radius 3 is 2.55 bits per heavy atom. The molecule has 0 aromatic carbocycles. The number of sulfone groups is 1. The predicted octanol–water partition coefficient (Wildman–Crippen LogP) is 1.83. The Labute approximate surface area is 156 Å². The van der Waals surface area contributed by atoms with Crippen molar-refractivity contribution in [3.63, 3.8) is 0 Å². The molecule has 2 aliphatic heterocycles. The summed E-state index contributed by atoms with van der Waals surface area (Å²) in [6, 6.07) is 0. The smallest absolute Gasteiger partial charge is 0.193 e. The van der Waals surface area contributed by atoms with E-state index in [4.69, 9.17) is 0 Å². The van der Waals surface area contributed by atoms with Gasteiger partial charge in [-0.25, -0.2) is 8.42 Å². The molecule has 1 N–H and O–H groups in total. The molecule has 5 nitrogen and oxygen atoms in total. The summed E-state index contributed by atoms with van der Waals surface area (Å²) in [5.74, 6) is 4.27. The predicted molar refractivity (Wildman–Crippen MR) is 106 cm³/mol. The monoisotopic (exact) mass is 461 g/mol. The van der Waals surface area contributed by atoms with Crippen molar-refractivity contribution >= 4 is 51.5 Å². The Hall–Kier alpha value is 0.300. The van der Waals surface area contributed by atoms with Gasteiger partial charge in [0.05, 0.1) is 10.5 Å².